The largest absolute Gasteiger partial charge is 0.481 e. The summed E-state index contributed by atoms with van der Waals surface area (Å²) < 4.78 is 4.75. The molecule has 1 aromatic heterocycles. The Hall–Kier alpha value is -0.360. The molecule has 104 valence electrons. The van der Waals surface area contributed by atoms with Gasteiger partial charge in [0, 0.05) is 23.9 Å². The van der Waals surface area contributed by atoms with Crippen LogP contribution in [0.2, 0.25) is 0 Å². The van der Waals surface area contributed by atoms with E-state index >= 15 is 0 Å². The van der Waals surface area contributed by atoms with Crippen LogP contribution in [0.25, 0.3) is 0 Å². The quantitative estimate of drug-likeness (QED) is 0.617. The van der Waals surface area contributed by atoms with Crippen molar-refractivity contribution in [1.82, 2.24) is 4.98 Å². The van der Waals surface area contributed by atoms with E-state index < -0.39 is 3.12 Å². The highest BCUT2D eigenvalue weighted by molar-refractivity contribution is 8.06. The predicted molar refractivity (Wildman–Crippen MR) is 78.9 cm³/mol. The normalized spacial score (nSPS) is 15.2. The van der Waals surface area contributed by atoms with Crippen molar-refractivity contribution in [2.75, 3.05) is 11.4 Å². The van der Waals surface area contributed by atoms with Gasteiger partial charge in [-0.1, -0.05) is 34.8 Å². The fourth-order valence-electron chi connectivity index (χ4n) is 1.44. The molecule has 0 bridgehead atoms. The first kappa shape index (κ1) is 15.0. The lowest BCUT2D eigenvalue weighted by molar-refractivity contribution is -0.118. The van der Waals surface area contributed by atoms with E-state index in [9.17, 15) is 4.79 Å². The van der Waals surface area contributed by atoms with Crippen molar-refractivity contribution in [2.45, 2.75) is 16.0 Å². The van der Waals surface area contributed by atoms with Crippen LogP contribution in [0, 0.1) is 5.92 Å². The van der Waals surface area contributed by atoms with Gasteiger partial charge in [0.15, 0.2) is 0 Å². The molecule has 0 atom stereocenters. The van der Waals surface area contributed by atoms with Crippen molar-refractivity contribution in [2.24, 2.45) is 5.92 Å². The highest BCUT2D eigenvalue weighted by atomic mass is 35.6. The summed E-state index contributed by atoms with van der Waals surface area (Å²) in [7, 11) is 1.52. The maximum atomic E-state index is 12.2. The number of ether oxygens (including phenoxy) is 1. The minimum atomic E-state index is -1.61. The van der Waals surface area contributed by atoms with Crippen molar-refractivity contribution < 1.29 is 9.53 Å². The second-order valence-electron chi connectivity index (χ2n) is 4.00. The minimum absolute atomic E-state index is 0.0157. The van der Waals surface area contributed by atoms with Gasteiger partial charge in [0.25, 0.3) is 3.12 Å². The Labute approximate surface area is 130 Å². The van der Waals surface area contributed by atoms with Crippen LogP contribution in [0.1, 0.15) is 12.8 Å². The lowest BCUT2D eigenvalue weighted by Gasteiger charge is -2.24. The molecule has 0 N–H and O–H groups in total. The lowest BCUT2D eigenvalue weighted by atomic mass is 10.3. The fourth-order valence-corrected chi connectivity index (χ4v) is 2.72. The summed E-state index contributed by atoms with van der Waals surface area (Å²) in [6.45, 7) is 0. The van der Waals surface area contributed by atoms with Crippen molar-refractivity contribution in [3.05, 3.63) is 18.3 Å². The van der Waals surface area contributed by atoms with Crippen LogP contribution in [0.15, 0.2) is 18.3 Å². The van der Waals surface area contributed by atoms with E-state index in [2.05, 4.69) is 4.98 Å². The molecule has 0 radical (unpaired) electrons. The number of pyridine rings is 1. The molecule has 8 heteroatoms. The molecular formula is C11H11Cl3N2O2S. The van der Waals surface area contributed by atoms with E-state index in [1.807, 2.05) is 0 Å². The van der Waals surface area contributed by atoms with Crippen LogP contribution in [0.4, 0.5) is 5.69 Å². The van der Waals surface area contributed by atoms with Gasteiger partial charge >= 0.3 is 0 Å². The second kappa shape index (κ2) is 5.95. The van der Waals surface area contributed by atoms with E-state index in [1.165, 1.54) is 17.6 Å². The average molecular weight is 342 g/mol. The zero-order chi connectivity index (χ0) is 14.0. The molecule has 1 aliphatic carbocycles. The maximum Gasteiger partial charge on any atom is 0.256 e. The number of amides is 1. The number of carbonyl (C=O) groups is 1. The van der Waals surface area contributed by atoms with Crippen molar-refractivity contribution in [3.8, 4) is 5.88 Å². The maximum absolute atomic E-state index is 12.2. The van der Waals surface area contributed by atoms with Crippen LogP contribution >= 0.6 is 46.8 Å². The number of rotatable bonds is 4. The number of methoxy groups -OCH3 is 1. The number of hydrogen-bond acceptors (Lipinski definition) is 4. The second-order valence-corrected chi connectivity index (χ2v) is 8.12. The van der Waals surface area contributed by atoms with Crippen molar-refractivity contribution in [3.63, 3.8) is 0 Å². The third kappa shape index (κ3) is 4.31. The SMILES string of the molecule is COc1ccc(N(SC(Cl)(Cl)Cl)C(=O)C2CC2)cn1. The van der Waals surface area contributed by atoms with E-state index in [-0.39, 0.29) is 11.8 Å². The van der Waals surface area contributed by atoms with E-state index in [1.54, 1.807) is 12.1 Å². The van der Waals surface area contributed by atoms with Gasteiger partial charge in [0.05, 0.1) is 19.0 Å². The number of aromatic nitrogens is 1. The summed E-state index contributed by atoms with van der Waals surface area (Å²) >= 11 is 18.1. The topological polar surface area (TPSA) is 42.4 Å². The molecule has 1 aromatic rings. The average Bonchev–Trinajstić information content (AvgIpc) is 3.18. The summed E-state index contributed by atoms with van der Waals surface area (Å²) in [4.78, 5) is 16.3. The molecule has 0 unspecified atom stereocenters. The van der Waals surface area contributed by atoms with Crippen molar-refractivity contribution in [1.29, 1.82) is 0 Å². The molecule has 1 amide bonds. The monoisotopic (exact) mass is 340 g/mol. The Morgan fingerprint density at radius 3 is 2.58 bits per heavy atom. The molecular weight excluding hydrogens is 331 g/mol. The number of halogens is 3. The Bertz CT molecular complexity index is 460. The standard InChI is InChI=1S/C11H11Cl3N2O2S/c1-18-9-5-4-8(6-15-9)16(19-11(12,13)14)10(17)7-2-3-7/h4-7H,2-3H2,1H3. The van der Waals surface area contributed by atoms with E-state index in [0.717, 1.165) is 24.8 Å². The lowest BCUT2D eigenvalue weighted by Crippen LogP contribution is -2.28. The van der Waals surface area contributed by atoms with Crippen LogP contribution in [0.5, 0.6) is 5.88 Å². The van der Waals surface area contributed by atoms with Crippen LogP contribution < -0.4 is 9.04 Å². The summed E-state index contributed by atoms with van der Waals surface area (Å²) in [5.41, 5.74) is 0.564. The molecule has 0 aromatic carbocycles. The Morgan fingerprint density at radius 1 is 1.47 bits per heavy atom. The molecule has 0 aliphatic heterocycles. The number of alkyl halides is 3. The van der Waals surface area contributed by atoms with Gasteiger partial charge in [-0.3, -0.25) is 4.79 Å². The summed E-state index contributed by atoms with van der Waals surface area (Å²) in [5.74, 6) is 0.409. The van der Waals surface area contributed by atoms with Gasteiger partial charge < -0.3 is 4.74 Å². The summed E-state index contributed by atoms with van der Waals surface area (Å²) in [6, 6.07) is 3.36. The summed E-state index contributed by atoms with van der Waals surface area (Å²) in [6.07, 6.45) is 3.27. The molecule has 4 nitrogen and oxygen atoms in total. The Balaban J connectivity index is 2.21. The molecule has 1 fully saturated rings. The van der Waals surface area contributed by atoms with E-state index in [0.29, 0.717) is 11.6 Å². The van der Waals surface area contributed by atoms with Gasteiger partial charge in [0.2, 0.25) is 11.8 Å². The third-order valence-electron chi connectivity index (χ3n) is 2.49. The third-order valence-corrected chi connectivity index (χ3v) is 3.89. The van der Waals surface area contributed by atoms with Crippen LogP contribution in [-0.2, 0) is 4.79 Å². The first-order valence-electron chi connectivity index (χ1n) is 5.50. The Morgan fingerprint density at radius 2 is 2.16 bits per heavy atom. The van der Waals surface area contributed by atoms with Gasteiger partial charge in [-0.25, -0.2) is 9.29 Å². The molecule has 1 saturated carbocycles. The van der Waals surface area contributed by atoms with Gasteiger partial charge in [-0.05, 0) is 18.9 Å². The number of hydrogen-bond donors (Lipinski definition) is 0. The van der Waals surface area contributed by atoms with Crippen LogP contribution in [0.3, 0.4) is 0 Å². The van der Waals surface area contributed by atoms with E-state index in [4.69, 9.17) is 39.5 Å². The first-order valence-corrected chi connectivity index (χ1v) is 7.41. The fraction of sp³-hybridized carbons (Fsp3) is 0.455. The van der Waals surface area contributed by atoms with Gasteiger partial charge in [-0.15, -0.1) is 0 Å². The molecule has 2 rings (SSSR count). The molecule has 19 heavy (non-hydrogen) atoms. The zero-order valence-corrected chi connectivity index (χ0v) is 13.1. The smallest absolute Gasteiger partial charge is 0.256 e. The highest BCUT2D eigenvalue weighted by Gasteiger charge is 2.38. The first-order chi connectivity index (χ1) is 8.90. The molecule has 0 spiro atoms. The van der Waals surface area contributed by atoms with Gasteiger partial charge in [-0.2, -0.15) is 0 Å². The molecule has 0 saturated heterocycles. The van der Waals surface area contributed by atoms with Gasteiger partial charge in [0.1, 0.15) is 0 Å². The number of anilines is 1. The number of nitrogens with zero attached hydrogens (tertiary/aromatic N) is 2. The predicted octanol–water partition coefficient (Wildman–Crippen LogP) is 3.81. The van der Waals surface area contributed by atoms with Crippen LogP contribution in [-0.4, -0.2) is 21.1 Å². The molecule has 1 heterocycles. The summed E-state index contributed by atoms with van der Waals surface area (Å²) in [5, 5.41) is 0. The van der Waals surface area contributed by atoms with Crippen molar-refractivity contribution >= 4 is 58.3 Å². The number of carbonyl (C=O) groups excluding carboxylic acids is 1. The zero-order valence-electron chi connectivity index (χ0n) is 9.98. The minimum Gasteiger partial charge on any atom is -0.481 e. The molecule has 1 aliphatic rings. The highest BCUT2D eigenvalue weighted by Crippen LogP contribution is 2.45. The Kier molecular flexibility index (Phi) is 4.71.